The first kappa shape index (κ1) is 13.6. The van der Waals surface area contributed by atoms with Crippen LogP contribution in [-0.2, 0) is 0 Å². The third-order valence-corrected chi connectivity index (χ3v) is 3.73. The first-order valence-electron chi connectivity index (χ1n) is 7.08. The van der Waals surface area contributed by atoms with E-state index in [-0.39, 0.29) is 11.7 Å². The van der Waals surface area contributed by atoms with Crippen molar-refractivity contribution in [3.63, 3.8) is 0 Å². The second-order valence-corrected chi connectivity index (χ2v) is 5.22. The first-order valence-corrected chi connectivity index (χ1v) is 7.08. The van der Waals surface area contributed by atoms with Crippen molar-refractivity contribution in [2.24, 2.45) is 0 Å². The fourth-order valence-corrected chi connectivity index (χ4v) is 2.53. The van der Waals surface area contributed by atoms with Gasteiger partial charge in [-0.3, -0.25) is 4.79 Å². The van der Waals surface area contributed by atoms with Crippen molar-refractivity contribution in [3.8, 4) is 0 Å². The Labute approximate surface area is 123 Å². The Balaban J connectivity index is 1.99. The highest BCUT2D eigenvalue weighted by atomic mass is 19.1. The van der Waals surface area contributed by atoms with Crippen LogP contribution in [0.5, 0.6) is 0 Å². The zero-order valence-corrected chi connectivity index (χ0v) is 11.9. The molecule has 3 rings (SSSR count). The van der Waals surface area contributed by atoms with Gasteiger partial charge in [0.25, 0.3) is 5.91 Å². The molecule has 21 heavy (non-hydrogen) atoms. The van der Waals surface area contributed by atoms with Crippen LogP contribution in [0, 0.1) is 12.7 Å². The molecule has 0 saturated heterocycles. The van der Waals surface area contributed by atoms with E-state index in [0.717, 1.165) is 24.3 Å². The van der Waals surface area contributed by atoms with E-state index >= 15 is 0 Å². The first-order chi connectivity index (χ1) is 10.2. The molecule has 0 fully saturated rings. The van der Waals surface area contributed by atoms with Crippen LogP contribution in [0.4, 0.5) is 15.8 Å². The van der Waals surface area contributed by atoms with E-state index in [1.54, 1.807) is 24.0 Å². The predicted molar refractivity (Wildman–Crippen MR) is 82.4 cm³/mol. The van der Waals surface area contributed by atoms with Crippen LogP contribution in [0.15, 0.2) is 42.5 Å². The van der Waals surface area contributed by atoms with Crippen LogP contribution in [0.3, 0.4) is 0 Å². The van der Waals surface area contributed by atoms with Gasteiger partial charge in [-0.05, 0) is 43.2 Å². The summed E-state index contributed by atoms with van der Waals surface area (Å²) in [6, 6.07) is 12.4. The van der Waals surface area contributed by atoms with E-state index in [2.05, 4.69) is 5.32 Å². The van der Waals surface area contributed by atoms with Crippen LogP contribution in [0.25, 0.3) is 0 Å². The number of aryl methyl sites for hydroxylation is 1. The van der Waals surface area contributed by atoms with E-state index in [0.29, 0.717) is 17.7 Å². The van der Waals surface area contributed by atoms with E-state index in [1.807, 2.05) is 24.3 Å². The molecule has 0 bridgehead atoms. The molecule has 0 aliphatic carbocycles. The molecular weight excluding hydrogens is 267 g/mol. The fraction of sp³-hybridized carbons (Fsp3) is 0.235. The standard InChI is InChI=1S/C17H17FN2O/c1-12-7-8-13(11-14(12)18)17(21)20-10-4-9-19-15-5-2-3-6-16(15)20/h2-3,5-8,11,19H,4,9-10H2,1H3. The minimum absolute atomic E-state index is 0.162. The molecule has 4 heteroatoms. The summed E-state index contributed by atoms with van der Waals surface area (Å²) in [5.41, 5.74) is 2.72. The van der Waals surface area contributed by atoms with Crippen LogP contribution >= 0.6 is 0 Å². The summed E-state index contributed by atoms with van der Waals surface area (Å²) < 4.78 is 13.7. The zero-order valence-electron chi connectivity index (χ0n) is 11.9. The smallest absolute Gasteiger partial charge is 0.258 e. The number of halogens is 1. The number of para-hydroxylation sites is 2. The van der Waals surface area contributed by atoms with Gasteiger partial charge >= 0.3 is 0 Å². The highest BCUT2D eigenvalue weighted by Crippen LogP contribution is 2.29. The van der Waals surface area contributed by atoms with Gasteiger partial charge in [0.15, 0.2) is 0 Å². The molecule has 108 valence electrons. The molecule has 1 heterocycles. The SMILES string of the molecule is Cc1ccc(C(=O)N2CCCNc3ccccc32)cc1F. The molecule has 0 unspecified atom stereocenters. The van der Waals surface area contributed by atoms with Crippen molar-refractivity contribution in [2.45, 2.75) is 13.3 Å². The number of carbonyl (C=O) groups is 1. The maximum Gasteiger partial charge on any atom is 0.258 e. The van der Waals surface area contributed by atoms with Crippen LogP contribution < -0.4 is 10.2 Å². The number of hydrogen-bond acceptors (Lipinski definition) is 2. The number of amides is 1. The third kappa shape index (κ3) is 2.61. The molecule has 1 N–H and O–H groups in total. The molecule has 2 aromatic carbocycles. The van der Waals surface area contributed by atoms with Gasteiger partial charge < -0.3 is 10.2 Å². The minimum Gasteiger partial charge on any atom is -0.383 e. The number of hydrogen-bond donors (Lipinski definition) is 1. The number of nitrogens with one attached hydrogen (secondary N) is 1. The molecule has 1 aliphatic heterocycles. The lowest BCUT2D eigenvalue weighted by molar-refractivity contribution is 0.0987. The van der Waals surface area contributed by atoms with Crippen molar-refractivity contribution < 1.29 is 9.18 Å². The van der Waals surface area contributed by atoms with Crippen molar-refractivity contribution in [1.82, 2.24) is 0 Å². The highest BCUT2D eigenvalue weighted by molar-refractivity contribution is 6.07. The van der Waals surface area contributed by atoms with Crippen molar-refractivity contribution in [2.75, 3.05) is 23.3 Å². The lowest BCUT2D eigenvalue weighted by Gasteiger charge is -2.22. The summed E-state index contributed by atoms with van der Waals surface area (Å²) >= 11 is 0. The van der Waals surface area contributed by atoms with E-state index < -0.39 is 0 Å². The summed E-state index contributed by atoms with van der Waals surface area (Å²) in [6.07, 6.45) is 0.856. The van der Waals surface area contributed by atoms with Gasteiger partial charge in [-0.1, -0.05) is 18.2 Å². The van der Waals surface area contributed by atoms with Crippen molar-refractivity contribution >= 4 is 17.3 Å². The average molecular weight is 284 g/mol. The Kier molecular flexibility index (Phi) is 3.60. The Hall–Kier alpha value is -2.36. The molecule has 0 saturated carbocycles. The quantitative estimate of drug-likeness (QED) is 0.868. The van der Waals surface area contributed by atoms with Gasteiger partial charge in [0.2, 0.25) is 0 Å². The van der Waals surface area contributed by atoms with E-state index in [9.17, 15) is 9.18 Å². The van der Waals surface area contributed by atoms with Gasteiger partial charge in [0, 0.05) is 18.7 Å². The molecule has 0 radical (unpaired) electrons. The molecule has 0 spiro atoms. The Morgan fingerprint density at radius 3 is 2.86 bits per heavy atom. The lowest BCUT2D eigenvalue weighted by Crippen LogP contribution is -2.31. The molecule has 3 nitrogen and oxygen atoms in total. The van der Waals surface area contributed by atoms with Gasteiger partial charge in [-0.2, -0.15) is 0 Å². The van der Waals surface area contributed by atoms with E-state index in [4.69, 9.17) is 0 Å². The maximum absolute atomic E-state index is 13.7. The number of anilines is 2. The predicted octanol–water partition coefficient (Wildman–Crippen LogP) is 3.60. The Morgan fingerprint density at radius 1 is 1.24 bits per heavy atom. The Morgan fingerprint density at radius 2 is 2.05 bits per heavy atom. The Bertz CT molecular complexity index is 684. The second-order valence-electron chi connectivity index (χ2n) is 5.22. The van der Waals surface area contributed by atoms with Crippen LogP contribution in [-0.4, -0.2) is 19.0 Å². The topological polar surface area (TPSA) is 32.3 Å². The molecule has 1 aliphatic rings. The highest BCUT2D eigenvalue weighted by Gasteiger charge is 2.22. The fourth-order valence-electron chi connectivity index (χ4n) is 2.53. The van der Waals surface area contributed by atoms with Gasteiger partial charge in [-0.15, -0.1) is 0 Å². The van der Waals surface area contributed by atoms with Crippen LogP contribution in [0.1, 0.15) is 22.3 Å². The maximum atomic E-state index is 13.7. The summed E-state index contributed by atoms with van der Waals surface area (Å²) in [5, 5.41) is 3.31. The molecule has 1 amide bonds. The summed E-state index contributed by atoms with van der Waals surface area (Å²) in [7, 11) is 0. The summed E-state index contributed by atoms with van der Waals surface area (Å²) in [4.78, 5) is 14.4. The van der Waals surface area contributed by atoms with Gasteiger partial charge in [-0.25, -0.2) is 4.39 Å². The van der Waals surface area contributed by atoms with Gasteiger partial charge in [0.1, 0.15) is 5.82 Å². The molecular formula is C17H17FN2O. The van der Waals surface area contributed by atoms with Crippen molar-refractivity contribution in [1.29, 1.82) is 0 Å². The average Bonchev–Trinajstić information content (AvgIpc) is 2.71. The number of rotatable bonds is 1. The molecule has 0 atom stereocenters. The number of benzene rings is 2. The third-order valence-electron chi connectivity index (χ3n) is 3.73. The number of nitrogens with zero attached hydrogens (tertiary/aromatic N) is 1. The number of fused-ring (bicyclic) bond motifs is 1. The summed E-state index contributed by atoms with van der Waals surface area (Å²) in [5.74, 6) is -0.507. The van der Waals surface area contributed by atoms with Crippen LogP contribution in [0.2, 0.25) is 0 Å². The monoisotopic (exact) mass is 284 g/mol. The normalized spacial score (nSPS) is 14.1. The van der Waals surface area contributed by atoms with Crippen molar-refractivity contribution in [3.05, 3.63) is 59.4 Å². The second kappa shape index (κ2) is 5.56. The molecule has 0 aromatic heterocycles. The van der Waals surface area contributed by atoms with E-state index in [1.165, 1.54) is 6.07 Å². The minimum atomic E-state index is -0.345. The van der Waals surface area contributed by atoms with Gasteiger partial charge in [0.05, 0.1) is 11.4 Å². The lowest BCUT2D eigenvalue weighted by atomic mass is 10.1. The zero-order chi connectivity index (χ0) is 14.8. The molecule has 2 aromatic rings. The summed E-state index contributed by atoms with van der Waals surface area (Å²) in [6.45, 7) is 3.14. The number of carbonyl (C=O) groups excluding carboxylic acids is 1. The largest absolute Gasteiger partial charge is 0.383 e.